The Labute approximate surface area is 122 Å². The maximum absolute atomic E-state index is 11.8. The number of aliphatic hydroxyl groups excluding tert-OH is 1. The van der Waals surface area contributed by atoms with Gasteiger partial charge in [0.25, 0.3) is 0 Å². The number of aromatic nitrogens is 1. The van der Waals surface area contributed by atoms with Crippen LogP contribution < -0.4 is 10.1 Å². The number of carbonyl (C=O) groups excluding carboxylic acids is 1. The zero-order valence-electron chi connectivity index (χ0n) is 11.6. The minimum Gasteiger partial charge on any atom is -0.480 e. The minimum absolute atomic E-state index is 0.169. The van der Waals surface area contributed by atoms with Crippen molar-refractivity contribution in [3.63, 3.8) is 0 Å². The molecule has 0 saturated carbocycles. The van der Waals surface area contributed by atoms with Crippen molar-refractivity contribution in [1.29, 1.82) is 0 Å². The quantitative estimate of drug-likeness (QED) is 0.882. The summed E-state index contributed by atoms with van der Waals surface area (Å²) in [5, 5.41) is 11.6. The van der Waals surface area contributed by atoms with Gasteiger partial charge in [-0.1, -0.05) is 30.3 Å². The fraction of sp³-hybridized carbons (Fsp3) is 0.200. The summed E-state index contributed by atoms with van der Waals surface area (Å²) < 4.78 is 10.2. The molecule has 1 aromatic heterocycles. The lowest BCUT2D eigenvalue weighted by Gasteiger charge is -2.10. The molecule has 0 aliphatic carbocycles. The fourth-order valence-electron chi connectivity index (χ4n) is 1.70. The number of carbonyl (C=O) groups is 1. The first kappa shape index (κ1) is 14.8. The van der Waals surface area contributed by atoms with E-state index in [2.05, 4.69) is 10.3 Å². The molecule has 21 heavy (non-hydrogen) atoms. The summed E-state index contributed by atoms with van der Waals surface area (Å²) in [6.45, 7) is -0.00710. The summed E-state index contributed by atoms with van der Waals surface area (Å²) in [4.78, 5) is 15.8. The second kappa shape index (κ2) is 7.25. The van der Waals surface area contributed by atoms with Gasteiger partial charge in [-0.3, -0.25) is 5.32 Å². The number of pyridine rings is 1. The van der Waals surface area contributed by atoms with Crippen LogP contribution in [0.5, 0.6) is 5.88 Å². The van der Waals surface area contributed by atoms with Gasteiger partial charge in [0.1, 0.15) is 12.3 Å². The predicted octanol–water partition coefficient (Wildman–Crippen LogP) is 2.33. The first-order valence-electron chi connectivity index (χ1n) is 6.34. The van der Waals surface area contributed by atoms with Gasteiger partial charge < -0.3 is 14.6 Å². The SMILES string of the molecule is COc1ncc(CO)cc1NC(=O)OCc1ccccc1. The van der Waals surface area contributed by atoms with Gasteiger partial charge in [0.05, 0.1) is 13.7 Å². The van der Waals surface area contributed by atoms with Crippen LogP contribution in [-0.2, 0) is 18.0 Å². The number of methoxy groups -OCH3 is 1. The third-order valence-electron chi connectivity index (χ3n) is 2.73. The lowest BCUT2D eigenvalue weighted by atomic mass is 10.2. The molecule has 6 heteroatoms. The topological polar surface area (TPSA) is 80.7 Å². The highest BCUT2D eigenvalue weighted by molar-refractivity contribution is 5.86. The first-order valence-corrected chi connectivity index (χ1v) is 6.34. The standard InChI is InChI=1S/C15H16N2O4/c1-20-14-13(7-12(9-18)8-16-14)17-15(19)21-10-11-5-3-2-4-6-11/h2-8,18H,9-10H2,1H3,(H,17,19). The molecule has 0 saturated heterocycles. The Morgan fingerprint density at radius 3 is 2.71 bits per heavy atom. The van der Waals surface area contributed by atoms with Crippen molar-refractivity contribution in [2.45, 2.75) is 13.2 Å². The zero-order chi connectivity index (χ0) is 15.1. The van der Waals surface area contributed by atoms with E-state index < -0.39 is 6.09 Å². The van der Waals surface area contributed by atoms with Crippen LogP contribution in [0.3, 0.4) is 0 Å². The number of rotatable bonds is 5. The molecule has 1 heterocycles. The highest BCUT2D eigenvalue weighted by Crippen LogP contribution is 2.22. The van der Waals surface area contributed by atoms with Crippen LogP contribution in [0.1, 0.15) is 11.1 Å². The Morgan fingerprint density at radius 2 is 2.05 bits per heavy atom. The molecule has 110 valence electrons. The molecule has 0 radical (unpaired) electrons. The van der Waals surface area contributed by atoms with Crippen LogP contribution >= 0.6 is 0 Å². The molecule has 1 amide bonds. The number of anilines is 1. The Bertz CT molecular complexity index is 602. The maximum Gasteiger partial charge on any atom is 0.412 e. The van der Waals surface area contributed by atoms with Crippen LogP contribution in [0.4, 0.5) is 10.5 Å². The van der Waals surface area contributed by atoms with E-state index in [1.54, 1.807) is 6.07 Å². The van der Waals surface area contributed by atoms with Gasteiger partial charge in [-0.2, -0.15) is 0 Å². The number of ether oxygens (including phenoxy) is 2. The Hall–Kier alpha value is -2.60. The second-order valence-corrected chi connectivity index (χ2v) is 4.25. The number of hydrogen-bond acceptors (Lipinski definition) is 5. The van der Waals surface area contributed by atoms with Crippen LogP contribution in [-0.4, -0.2) is 23.3 Å². The summed E-state index contributed by atoms with van der Waals surface area (Å²) in [6, 6.07) is 10.9. The summed E-state index contributed by atoms with van der Waals surface area (Å²) in [6.07, 6.45) is 0.855. The predicted molar refractivity (Wildman–Crippen MR) is 77.0 cm³/mol. The van der Waals surface area contributed by atoms with Gasteiger partial charge in [0.15, 0.2) is 0 Å². The molecule has 2 aromatic rings. The number of benzene rings is 1. The molecule has 0 spiro atoms. The molecule has 1 aromatic carbocycles. The third-order valence-corrected chi connectivity index (χ3v) is 2.73. The van der Waals surface area contributed by atoms with E-state index in [1.807, 2.05) is 30.3 Å². The lowest BCUT2D eigenvalue weighted by molar-refractivity contribution is 0.155. The molecule has 0 unspecified atom stereocenters. The first-order chi connectivity index (χ1) is 10.2. The minimum atomic E-state index is -0.617. The van der Waals surface area contributed by atoms with Crippen LogP contribution in [0.2, 0.25) is 0 Å². The molecule has 6 nitrogen and oxygen atoms in total. The Balaban J connectivity index is 1.99. The Morgan fingerprint density at radius 1 is 1.29 bits per heavy atom. The van der Waals surface area contributed by atoms with E-state index >= 15 is 0 Å². The van der Waals surface area contributed by atoms with Crippen molar-refractivity contribution >= 4 is 11.8 Å². The largest absolute Gasteiger partial charge is 0.480 e. The number of amides is 1. The fourth-order valence-corrected chi connectivity index (χ4v) is 1.70. The number of aliphatic hydroxyl groups is 1. The van der Waals surface area contributed by atoms with Gasteiger partial charge in [0, 0.05) is 6.20 Å². The van der Waals surface area contributed by atoms with Gasteiger partial charge in [-0.05, 0) is 17.2 Å². The smallest absolute Gasteiger partial charge is 0.412 e. The van der Waals surface area contributed by atoms with Crippen molar-refractivity contribution in [3.8, 4) is 5.88 Å². The van der Waals surface area contributed by atoms with E-state index in [0.29, 0.717) is 11.3 Å². The van der Waals surface area contributed by atoms with Crippen LogP contribution in [0.25, 0.3) is 0 Å². The van der Waals surface area contributed by atoms with Gasteiger partial charge >= 0.3 is 6.09 Å². The van der Waals surface area contributed by atoms with Crippen LogP contribution in [0, 0.1) is 0 Å². The van der Waals surface area contributed by atoms with Gasteiger partial charge in [0.2, 0.25) is 5.88 Å². The van der Waals surface area contributed by atoms with Crippen molar-refractivity contribution in [2.75, 3.05) is 12.4 Å². The molecule has 0 aliphatic rings. The molecule has 0 bridgehead atoms. The number of nitrogens with one attached hydrogen (secondary N) is 1. The molecule has 0 fully saturated rings. The highest BCUT2D eigenvalue weighted by Gasteiger charge is 2.10. The normalized spacial score (nSPS) is 10.0. The maximum atomic E-state index is 11.8. The zero-order valence-corrected chi connectivity index (χ0v) is 11.6. The summed E-state index contributed by atoms with van der Waals surface area (Å²) >= 11 is 0. The average molecular weight is 288 g/mol. The highest BCUT2D eigenvalue weighted by atomic mass is 16.5. The molecule has 0 aliphatic heterocycles. The van der Waals surface area contributed by atoms with Crippen LogP contribution in [0.15, 0.2) is 42.6 Å². The van der Waals surface area contributed by atoms with Crippen molar-refractivity contribution < 1.29 is 19.4 Å². The summed E-state index contributed by atoms with van der Waals surface area (Å²) in [5.41, 5.74) is 1.80. The summed E-state index contributed by atoms with van der Waals surface area (Å²) in [7, 11) is 1.45. The number of hydrogen-bond donors (Lipinski definition) is 2. The third kappa shape index (κ3) is 4.19. The van der Waals surface area contributed by atoms with E-state index in [9.17, 15) is 4.79 Å². The average Bonchev–Trinajstić information content (AvgIpc) is 2.54. The Kier molecular flexibility index (Phi) is 5.11. The monoisotopic (exact) mass is 288 g/mol. The van der Waals surface area contributed by atoms with Crippen molar-refractivity contribution in [2.24, 2.45) is 0 Å². The van der Waals surface area contributed by atoms with Crippen molar-refractivity contribution in [3.05, 3.63) is 53.7 Å². The van der Waals surface area contributed by atoms with E-state index in [-0.39, 0.29) is 19.1 Å². The van der Waals surface area contributed by atoms with E-state index in [0.717, 1.165) is 5.56 Å². The molecule has 0 atom stereocenters. The summed E-state index contributed by atoms with van der Waals surface area (Å²) in [5.74, 6) is 0.254. The van der Waals surface area contributed by atoms with Gasteiger partial charge in [-0.25, -0.2) is 9.78 Å². The molecular formula is C15H16N2O4. The molecule has 2 rings (SSSR count). The van der Waals surface area contributed by atoms with E-state index in [4.69, 9.17) is 14.6 Å². The molecule has 2 N–H and O–H groups in total. The van der Waals surface area contributed by atoms with Crippen molar-refractivity contribution in [1.82, 2.24) is 4.98 Å². The second-order valence-electron chi connectivity index (χ2n) is 4.25. The van der Waals surface area contributed by atoms with Gasteiger partial charge in [-0.15, -0.1) is 0 Å². The van der Waals surface area contributed by atoms with E-state index in [1.165, 1.54) is 13.3 Å². The number of nitrogens with zero attached hydrogens (tertiary/aromatic N) is 1. The lowest BCUT2D eigenvalue weighted by Crippen LogP contribution is -2.14. The molecular weight excluding hydrogens is 272 g/mol.